The van der Waals surface area contributed by atoms with Crippen LogP contribution in [0, 0.1) is 0 Å². The average Bonchev–Trinajstić information content (AvgIpc) is 3.08. The van der Waals surface area contributed by atoms with Crippen LogP contribution in [0.5, 0.6) is 5.75 Å². The lowest BCUT2D eigenvalue weighted by molar-refractivity contribution is 0.474. The Morgan fingerprint density at radius 2 is 1.88 bits per heavy atom. The van der Waals surface area contributed by atoms with E-state index in [1.54, 1.807) is 18.2 Å². The van der Waals surface area contributed by atoms with Crippen LogP contribution in [0.3, 0.4) is 0 Å². The molecule has 0 bridgehead atoms. The molecule has 0 radical (unpaired) electrons. The van der Waals surface area contributed by atoms with Gasteiger partial charge in [0.25, 0.3) is 10.9 Å². The van der Waals surface area contributed by atoms with E-state index in [0.717, 1.165) is 29.9 Å². The summed E-state index contributed by atoms with van der Waals surface area (Å²) < 4.78 is 0. The minimum atomic E-state index is -0.526. The number of rotatable bonds is 5. The van der Waals surface area contributed by atoms with Crippen molar-refractivity contribution in [1.29, 1.82) is 0 Å². The minimum Gasteiger partial charge on any atom is -0.508 e. The van der Waals surface area contributed by atoms with E-state index < -0.39 is 10.9 Å². The van der Waals surface area contributed by atoms with Crippen LogP contribution in [0.25, 0.3) is 0 Å². The van der Waals surface area contributed by atoms with Gasteiger partial charge < -0.3 is 21.1 Å². The van der Waals surface area contributed by atoms with Gasteiger partial charge in [0.2, 0.25) is 0 Å². The maximum Gasteiger partial charge on any atom is 0.253 e. The molecule has 0 amide bonds. The maximum atomic E-state index is 11.9. The highest BCUT2D eigenvalue weighted by Crippen LogP contribution is 2.28. The van der Waals surface area contributed by atoms with Crippen LogP contribution < -0.4 is 26.8 Å². The molecule has 0 unspecified atom stereocenters. The highest BCUT2D eigenvalue weighted by Gasteiger charge is 2.21. The molecule has 0 saturated carbocycles. The van der Waals surface area contributed by atoms with Crippen molar-refractivity contribution in [3.8, 4) is 5.75 Å². The Hall–Kier alpha value is -3.28. The molecule has 3 aromatic carbocycles. The van der Waals surface area contributed by atoms with Gasteiger partial charge in [0.15, 0.2) is 0 Å². The number of fused-ring (bicyclic) bond motifs is 1. The third kappa shape index (κ3) is 2.82. The van der Waals surface area contributed by atoms with Gasteiger partial charge in [0, 0.05) is 24.5 Å². The van der Waals surface area contributed by atoms with Gasteiger partial charge in [-0.2, -0.15) is 0 Å². The number of aromatic hydroxyl groups is 1. The summed E-state index contributed by atoms with van der Waals surface area (Å²) in [6, 6.07) is 12.6. The largest absolute Gasteiger partial charge is 0.508 e. The topological polar surface area (TPSA) is 90.5 Å². The van der Waals surface area contributed by atoms with Crippen molar-refractivity contribution in [3.05, 3.63) is 74.0 Å². The van der Waals surface area contributed by atoms with Gasteiger partial charge in [-0.15, -0.1) is 0 Å². The summed E-state index contributed by atoms with van der Waals surface area (Å²) in [6.07, 6.45) is 0.993. The molecule has 1 aliphatic rings. The van der Waals surface area contributed by atoms with Crippen molar-refractivity contribution < 1.29 is 5.11 Å². The molecular weight excluding hydrogens is 318 g/mol. The monoisotopic (exact) mass is 335 g/mol. The van der Waals surface area contributed by atoms with Gasteiger partial charge >= 0.3 is 0 Å². The van der Waals surface area contributed by atoms with Crippen LogP contribution in [0.2, 0.25) is 0 Å². The second-order valence-electron chi connectivity index (χ2n) is 6.11. The van der Waals surface area contributed by atoms with Gasteiger partial charge in [-0.25, -0.2) is 0 Å². The molecule has 3 aromatic rings. The van der Waals surface area contributed by atoms with Crippen LogP contribution in [-0.4, -0.2) is 11.7 Å². The molecule has 0 spiro atoms. The molecule has 0 saturated heterocycles. The summed E-state index contributed by atoms with van der Waals surface area (Å²) in [5.41, 5.74) is 3.40. The lowest BCUT2D eigenvalue weighted by atomic mass is 10.1. The molecule has 4 N–H and O–H groups in total. The van der Waals surface area contributed by atoms with E-state index in [1.165, 1.54) is 5.56 Å². The highest BCUT2D eigenvalue weighted by atomic mass is 16.3. The number of benzene rings is 2. The average molecular weight is 335 g/mol. The molecule has 126 valence electrons. The van der Waals surface area contributed by atoms with Crippen molar-refractivity contribution in [2.24, 2.45) is 0 Å². The Balaban J connectivity index is 1.52. The fourth-order valence-electron chi connectivity index (χ4n) is 3.05. The van der Waals surface area contributed by atoms with Crippen LogP contribution in [0.4, 0.5) is 22.7 Å². The third-order valence-electron chi connectivity index (χ3n) is 4.38. The van der Waals surface area contributed by atoms with E-state index in [4.69, 9.17) is 0 Å². The molecule has 0 aliphatic carbocycles. The standard InChI is InChI=1S/C19H17N3O3/c23-14-3-1-2-11(8-14)10-21-16-17(19(25)18(16)24)22-13-5-4-12-6-7-20-15(12)9-13/h1-5,8-9,20-23H,6-7,10H2. The molecule has 1 aliphatic heterocycles. The Labute approximate surface area is 143 Å². The lowest BCUT2D eigenvalue weighted by Crippen LogP contribution is -2.36. The predicted octanol–water partition coefficient (Wildman–Crippen LogP) is 2.31. The fraction of sp³-hybridized carbons (Fsp3) is 0.158. The number of hydrogen-bond acceptors (Lipinski definition) is 6. The first-order chi connectivity index (χ1) is 12.1. The van der Waals surface area contributed by atoms with E-state index in [9.17, 15) is 14.7 Å². The highest BCUT2D eigenvalue weighted by molar-refractivity contribution is 5.80. The summed E-state index contributed by atoms with van der Waals surface area (Å²) in [5, 5.41) is 18.8. The first-order valence-corrected chi connectivity index (χ1v) is 8.11. The van der Waals surface area contributed by atoms with Crippen molar-refractivity contribution in [2.75, 3.05) is 22.5 Å². The molecule has 4 rings (SSSR count). The van der Waals surface area contributed by atoms with Crippen LogP contribution in [0.1, 0.15) is 11.1 Å². The molecule has 1 heterocycles. The SMILES string of the molecule is O=c1c(NCc2cccc(O)c2)c(Nc2ccc3c(c2)NCC3)c1=O. The van der Waals surface area contributed by atoms with E-state index >= 15 is 0 Å². The molecule has 0 fully saturated rings. The zero-order valence-electron chi connectivity index (χ0n) is 13.4. The number of phenolic OH excluding ortho intramolecular Hbond substituents is 1. The summed E-state index contributed by atoms with van der Waals surface area (Å²) in [4.78, 5) is 23.8. The summed E-state index contributed by atoms with van der Waals surface area (Å²) in [5.74, 6) is 0.160. The molecule has 0 atom stereocenters. The molecule has 6 heteroatoms. The van der Waals surface area contributed by atoms with Crippen LogP contribution in [0.15, 0.2) is 52.1 Å². The van der Waals surface area contributed by atoms with Gasteiger partial charge in [-0.3, -0.25) is 9.59 Å². The second kappa shape index (κ2) is 5.98. The quantitative estimate of drug-likeness (QED) is 0.535. The summed E-state index contributed by atoms with van der Waals surface area (Å²) in [7, 11) is 0. The van der Waals surface area contributed by atoms with Crippen molar-refractivity contribution in [1.82, 2.24) is 0 Å². The van der Waals surface area contributed by atoms with E-state index in [2.05, 4.69) is 16.0 Å². The summed E-state index contributed by atoms with van der Waals surface area (Å²) >= 11 is 0. The maximum absolute atomic E-state index is 11.9. The van der Waals surface area contributed by atoms with Crippen molar-refractivity contribution >= 4 is 22.7 Å². The second-order valence-corrected chi connectivity index (χ2v) is 6.11. The van der Waals surface area contributed by atoms with E-state index in [0.29, 0.717) is 6.54 Å². The van der Waals surface area contributed by atoms with Crippen molar-refractivity contribution in [2.45, 2.75) is 13.0 Å². The number of nitrogens with one attached hydrogen (secondary N) is 3. The Morgan fingerprint density at radius 1 is 1.04 bits per heavy atom. The zero-order chi connectivity index (χ0) is 17.4. The number of anilines is 4. The predicted molar refractivity (Wildman–Crippen MR) is 98.7 cm³/mol. The third-order valence-corrected chi connectivity index (χ3v) is 4.38. The fourth-order valence-corrected chi connectivity index (χ4v) is 3.05. The van der Waals surface area contributed by atoms with E-state index in [1.807, 2.05) is 24.3 Å². The lowest BCUT2D eigenvalue weighted by Gasteiger charge is -2.15. The minimum absolute atomic E-state index is 0.160. The van der Waals surface area contributed by atoms with Gasteiger partial charge in [0.1, 0.15) is 17.1 Å². The van der Waals surface area contributed by atoms with Crippen LogP contribution in [-0.2, 0) is 13.0 Å². The first-order valence-electron chi connectivity index (χ1n) is 8.11. The van der Waals surface area contributed by atoms with Gasteiger partial charge in [-0.05, 0) is 41.8 Å². The first kappa shape index (κ1) is 15.3. The van der Waals surface area contributed by atoms with Crippen LogP contribution >= 0.6 is 0 Å². The molecule has 0 aromatic heterocycles. The smallest absolute Gasteiger partial charge is 0.253 e. The Bertz CT molecular complexity index is 1020. The zero-order valence-corrected chi connectivity index (χ0v) is 13.4. The van der Waals surface area contributed by atoms with Gasteiger partial charge in [0.05, 0.1) is 0 Å². The van der Waals surface area contributed by atoms with E-state index in [-0.39, 0.29) is 17.1 Å². The molecule has 6 nitrogen and oxygen atoms in total. The normalized spacial score (nSPS) is 12.6. The number of phenols is 1. The Morgan fingerprint density at radius 3 is 2.72 bits per heavy atom. The van der Waals surface area contributed by atoms with Crippen molar-refractivity contribution in [3.63, 3.8) is 0 Å². The van der Waals surface area contributed by atoms with Gasteiger partial charge in [-0.1, -0.05) is 18.2 Å². The summed E-state index contributed by atoms with van der Waals surface area (Å²) in [6.45, 7) is 1.26. The number of hydrogen-bond donors (Lipinski definition) is 4. The molecule has 25 heavy (non-hydrogen) atoms. The Kier molecular flexibility index (Phi) is 3.65. The molecular formula is C19H17N3O3.